The molecule has 1 aromatic rings. The van der Waals surface area contributed by atoms with E-state index >= 15 is 0 Å². The molecule has 98 valence electrons. The third kappa shape index (κ3) is 6.65. The molecule has 1 aromatic heterocycles. The normalized spacial score (nSPS) is 12.0. The predicted molar refractivity (Wildman–Crippen MR) is 62.0 cm³/mol. The first-order chi connectivity index (χ1) is 8.01. The van der Waals surface area contributed by atoms with Crippen molar-refractivity contribution in [2.45, 2.75) is 32.2 Å². The van der Waals surface area contributed by atoms with Crippen LogP contribution in [-0.2, 0) is 17.9 Å². The van der Waals surface area contributed by atoms with Crippen LogP contribution in [-0.4, -0.2) is 19.8 Å². The van der Waals surface area contributed by atoms with E-state index in [0.29, 0.717) is 6.61 Å². The molecule has 0 radical (unpaired) electrons. The van der Waals surface area contributed by atoms with Gasteiger partial charge in [-0.3, -0.25) is 0 Å². The van der Waals surface area contributed by atoms with Crippen LogP contribution in [0.2, 0.25) is 0 Å². The molecule has 0 unspecified atom stereocenters. The second-order valence-corrected chi connectivity index (χ2v) is 4.92. The fourth-order valence-corrected chi connectivity index (χ4v) is 2.28. The number of hydrogen-bond donors (Lipinski definition) is 1. The standard InChI is InChI=1S/C11H16F3NOS/c1-15-7-9-3-4-10(17-9)8-16-6-2-5-11(12,13)14/h3-4,15H,2,5-8H2,1H3. The van der Waals surface area contributed by atoms with Crippen molar-refractivity contribution in [1.82, 2.24) is 5.32 Å². The molecule has 0 fully saturated rings. The highest BCUT2D eigenvalue weighted by molar-refractivity contribution is 7.11. The highest BCUT2D eigenvalue weighted by Gasteiger charge is 2.25. The van der Waals surface area contributed by atoms with E-state index in [1.165, 1.54) is 4.88 Å². The molecule has 2 nitrogen and oxygen atoms in total. The largest absolute Gasteiger partial charge is 0.389 e. The summed E-state index contributed by atoms with van der Waals surface area (Å²) in [7, 11) is 1.87. The van der Waals surface area contributed by atoms with Crippen LogP contribution in [0.3, 0.4) is 0 Å². The van der Waals surface area contributed by atoms with Gasteiger partial charge in [-0.15, -0.1) is 11.3 Å². The number of ether oxygens (including phenoxy) is 1. The van der Waals surface area contributed by atoms with Crippen molar-refractivity contribution in [1.29, 1.82) is 0 Å². The lowest BCUT2D eigenvalue weighted by molar-refractivity contribution is -0.138. The van der Waals surface area contributed by atoms with E-state index in [9.17, 15) is 13.2 Å². The molecule has 1 heterocycles. The van der Waals surface area contributed by atoms with Crippen molar-refractivity contribution in [3.05, 3.63) is 21.9 Å². The topological polar surface area (TPSA) is 21.3 Å². The number of halogens is 3. The molecule has 0 aromatic carbocycles. The van der Waals surface area contributed by atoms with Gasteiger partial charge in [0, 0.05) is 29.3 Å². The van der Waals surface area contributed by atoms with Gasteiger partial charge in [-0.1, -0.05) is 0 Å². The van der Waals surface area contributed by atoms with E-state index in [1.807, 2.05) is 19.2 Å². The average Bonchev–Trinajstić information content (AvgIpc) is 2.64. The predicted octanol–water partition coefficient (Wildman–Crippen LogP) is 3.33. The van der Waals surface area contributed by atoms with Gasteiger partial charge in [-0.05, 0) is 25.6 Å². The molecule has 0 bridgehead atoms. The molecule has 0 amide bonds. The monoisotopic (exact) mass is 267 g/mol. The van der Waals surface area contributed by atoms with Gasteiger partial charge >= 0.3 is 6.18 Å². The van der Waals surface area contributed by atoms with Crippen LogP contribution in [0.1, 0.15) is 22.6 Å². The summed E-state index contributed by atoms with van der Waals surface area (Å²) in [5.74, 6) is 0. The Labute approximate surface area is 103 Å². The van der Waals surface area contributed by atoms with E-state index in [4.69, 9.17) is 4.74 Å². The van der Waals surface area contributed by atoms with Crippen molar-refractivity contribution >= 4 is 11.3 Å². The van der Waals surface area contributed by atoms with Gasteiger partial charge in [0.05, 0.1) is 6.61 Å². The van der Waals surface area contributed by atoms with Gasteiger partial charge in [0.25, 0.3) is 0 Å². The average molecular weight is 267 g/mol. The Morgan fingerprint density at radius 1 is 1.29 bits per heavy atom. The highest BCUT2D eigenvalue weighted by Crippen LogP contribution is 2.21. The minimum atomic E-state index is -4.08. The molecule has 0 saturated heterocycles. The van der Waals surface area contributed by atoms with E-state index < -0.39 is 12.6 Å². The lowest BCUT2D eigenvalue weighted by Gasteiger charge is -2.05. The Balaban J connectivity index is 2.13. The van der Waals surface area contributed by atoms with Gasteiger partial charge in [0.2, 0.25) is 0 Å². The fourth-order valence-electron chi connectivity index (χ4n) is 1.32. The number of thiophene rings is 1. The zero-order valence-corrected chi connectivity index (χ0v) is 10.5. The lowest BCUT2D eigenvalue weighted by Crippen LogP contribution is -2.08. The quantitative estimate of drug-likeness (QED) is 0.765. The summed E-state index contributed by atoms with van der Waals surface area (Å²) in [6.07, 6.45) is -4.83. The number of nitrogens with one attached hydrogen (secondary N) is 1. The summed E-state index contributed by atoms with van der Waals surface area (Å²) >= 11 is 1.61. The van der Waals surface area contributed by atoms with Crippen molar-refractivity contribution in [3.63, 3.8) is 0 Å². The van der Waals surface area contributed by atoms with E-state index in [1.54, 1.807) is 11.3 Å². The van der Waals surface area contributed by atoms with E-state index in [0.717, 1.165) is 11.4 Å². The SMILES string of the molecule is CNCc1ccc(COCCCC(F)(F)F)s1. The van der Waals surface area contributed by atoms with Gasteiger partial charge in [0.1, 0.15) is 0 Å². The van der Waals surface area contributed by atoms with Crippen LogP contribution >= 0.6 is 11.3 Å². The van der Waals surface area contributed by atoms with Crippen LogP contribution < -0.4 is 5.32 Å². The molecule has 0 saturated carbocycles. The third-order valence-electron chi connectivity index (χ3n) is 2.06. The fraction of sp³-hybridized carbons (Fsp3) is 0.636. The summed E-state index contributed by atoms with van der Waals surface area (Å²) in [5, 5.41) is 3.03. The van der Waals surface area contributed by atoms with Crippen LogP contribution in [0.4, 0.5) is 13.2 Å². The zero-order valence-electron chi connectivity index (χ0n) is 9.64. The number of rotatable bonds is 7. The van der Waals surface area contributed by atoms with Crippen LogP contribution in [0.15, 0.2) is 12.1 Å². The zero-order chi connectivity index (χ0) is 12.7. The summed E-state index contributed by atoms with van der Waals surface area (Å²) in [5.41, 5.74) is 0. The molecule has 6 heteroatoms. The number of alkyl halides is 3. The summed E-state index contributed by atoms with van der Waals surface area (Å²) in [6, 6.07) is 3.94. The van der Waals surface area contributed by atoms with Crippen molar-refractivity contribution in [2.75, 3.05) is 13.7 Å². The van der Waals surface area contributed by atoms with Crippen molar-refractivity contribution in [2.24, 2.45) is 0 Å². The van der Waals surface area contributed by atoms with Crippen LogP contribution in [0.25, 0.3) is 0 Å². The molecule has 0 spiro atoms. The Bertz CT molecular complexity index is 325. The Morgan fingerprint density at radius 2 is 2.00 bits per heavy atom. The molecule has 0 aliphatic rings. The molecule has 0 aliphatic heterocycles. The molecular formula is C11H16F3NOS. The van der Waals surface area contributed by atoms with Crippen molar-refractivity contribution in [3.8, 4) is 0 Å². The first-order valence-corrected chi connectivity index (χ1v) is 6.19. The van der Waals surface area contributed by atoms with Gasteiger partial charge in [-0.25, -0.2) is 0 Å². The minimum absolute atomic E-state index is 0.0260. The molecule has 1 rings (SSSR count). The summed E-state index contributed by atoms with van der Waals surface area (Å²) < 4.78 is 40.7. The highest BCUT2D eigenvalue weighted by atomic mass is 32.1. The van der Waals surface area contributed by atoms with Gasteiger partial charge < -0.3 is 10.1 Å². The molecule has 17 heavy (non-hydrogen) atoms. The first kappa shape index (κ1) is 14.5. The van der Waals surface area contributed by atoms with Gasteiger partial charge in [-0.2, -0.15) is 13.2 Å². The summed E-state index contributed by atoms with van der Waals surface area (Å²) in [4.78, 5) is 2.24. The maximum atomic E-state index is 11.8. The number of hydrogen-bond acceptors (Lipinski definition) is 3. The maximum Gasteiger partial charge on any atom is 0.389 e. The Morgan fingerprint density at radius 3 is 2.65 bits per heavy atom. The van der Waals surface area contributed by atoms with E-state index in [-0.39, 0.29) is 13.0 Å². The molecular weight excluding hydrogens is 251 g/mol. The maximum absolute atomic E-state index is 11.8. The Kier molecular flexibility index (Phi) is 5.94. The third-order valence-corrected chi connectivity index (χ3v) is 3.12. The lowest BCUT2D eigenvalue weighted by atomic mass is 10.3. The van der Waals surface area contributed by atoms with E-state index in [2.05, 4.69) is 5.32 Å². The minimum Gasteiger partial charge on any atom is -0.376 e. The molecule has 0 atom stereocenters. The van der Waals surface area contributed by atoms with Crippen LogP contribution in [0.5, 0.6) is 0 Å². The smallest absolute Gasteiger partial charge is 0.376 e. The summed E-state index contributed by atoms with van der Waals surface area (Å²) in [6.45, 7) is 1.35. The van der Waals surface area contributed by atoms with Crippen LogP contribution in [0, 0.1) is 0 Å². The van der Waals surface area contributed by atoms with Crippen molar-refractivity contribution < 1.29 is 17.9 Å². The molecule has 1 N–H and O–H groups in total. The van der Waals surface area contributed by atoms with Gasteiger partial charge in [0.15, 0.2) is 0 Å². The first-order valence-electron chi connectivity index (χ1n) is 5.38. The molecule has 0 aliphatic carbocycles. The second kappa shape index (κ2) is 6.98. The second-order valence-electron chi connectivity index (χ2n) is 3.67. The Hall–Kier alpha value is -0.590.